The number of nitrogens with one attached hydrogen (secondary N) is 1. The van der Waals surface area contributed by atoms with E-state index in [-0.39, 0.29) is 12.5 Å². The summed E-state index contributed by atoms with van der Waals surface area (Å²) in [5.41, 5.74) is -0.624. The molecule has 98 valence electrons. The van der Waals surface area contributed by atoms with E-state index in [4.69, 9.17) is 16.7 Å². The fourth-order valence-corrected chi connectivity index (χ4v) is 2.02. The molecule has 1 amide bonds. The topological polar surface area (TPSA) is 66.4 Å². The maximum atomic E-state index is 11.8. The minimum absolute atomic E-state index is 0.0469. The number of amides is 1. The molecule has 0 radical (unpaired) electrons. The van der Waals surface area contributed by atoms with Gasteiger partial charge in [0.2, 0.25) is 0 Å². The number of hydrogen-bond donors (Lipinski definition) is 2. The molecule has 2 N–H and O–H groups in total. The summed E-state index contributed by atoms with van der Waals surface area (Å²) >= 11 is 9.07. The zero-order valence-electron chi connectivity index (χ0n) is 9.96. The van der Waals surface area contributed by atoms with Gasteiger partial charge in [0.1, 0.15) is 0 Å². The fourth-order valence-electron chi connectivity index (χ4n) is 1.16. The molecule has 0 atom stereocenters. The third-order valence-corrected chi connectivity index (χ3v) is 3.07. The normalized spacial score (nSPS) is 11.1. The van der Waals surface area contributed by atoms with Crippen molar-refractivity contribution in [3.05, 3.63) is 33.3 Å². The molecule has 1 aromatic rings. The average Bonchev–Trinajstić information content (AvgIpc) is 2.24. The summed E-state index contributed by atoms with van der Waals surface area (Å²) in [6.45, 7) is 3.14. The van der Waals surface area contributed by atoms with E-state index in [9.17, 15) is 9.59 Å². The second-order valence-corrected chi connectivity index (χ2v) is 5.88. The fraction of sp³-hybridized carbons (Fsp3) is 0.333. The molecule has 0 bridgehead atoms. The summed E-state index contributed by atoms with van der Waals surface area (Å²) in [5, 5.41) is 11.9. The van der Waals surface area contributed by atoms with Crippen LogP contribution in [0.4, 0.5) is 0 Å². The van der Waals surface area contributed by atoms with Gasteiger partial charge in [-0.2, -0.15) is 0 Å². The van der Waals surface area contributed by atoms with E-state index in [1.54, 1.807) is 26.0 Å². The van der Waals surface area contributed by atoms with Crippen LogP contribution in [0.2, 0.25) is 5.02 Å². The van der Waals surface area contributed by atoms with E-state index in [1.807, 2.05) is 0 Å². The Bertz CT molecular complexity index is 468. The van der Waals surface area contributed by atoms with Crippen molar-refractivity contribution in [2.24, 2.45) is 5.41 Å². The molecule has 0 aliphatic heterocycles. The standard InChI is InChI=1S/C12H13BrClNO3/c1-12(2,11(17)18)6-15-10(16)7-3-8(13)5-9(14)4-7/h3-5H,6H2,1-2H3,(H,15,16)(H,17,18). The van der Waals surface area contributed by atoms with Crippen LogP contribution in [0, 0.1) is 5.41 Å². The largest absolute Gasteiger partial charge is 0.481 e. The Morgan fingerprint density at radius 2 is 2.00 bits per heavy atom. The van der Waals surface area contributed by atoms with Crippen molar-refractivity contribution in [1.82, 2.24) is 5.32 Å². The molecule has 0 aliphatic rings. The Hall–Kier alpha value is -1.07. The maximum Gasteiger partial charge on any atom is 0.310 e. The number of carbonyl (C=O) groups excluding carboxylic acids is 1. The Morgan fingerprint density at radius 1 is 1.39 bits per heavy atom. The molecule has 0 heterocycles. The lowest BCUT2D eigenvalue weighted by Crippen LogP contribution is -2.38. The number of benzene rings is 1. The predicted octanol–water partition coefficient (Wildman–Crippen LogP) is 2.94. The van der Waals surface area contributed by atoms with Crippen LogP contribution in [-0.4, -0.2) is 23.5 Å². The summed E-state index contributed by atoms with van der Waals surface area (Å²) in [5.74, 6) is -1.32. The van der Waals surface area contributed by atoms with E-state index in [2.05, 4.69) is 21.2 Å². The second-order valence-electron chi connectivity index (χ2n) is 4.53. The van der Waals surface area contributed by atoms with E-state index in [0.29, 0.717) is 15.1 Å². The molecule has 4 nitrogen and oxygen atoms in total. The smallest absolute Gasteiger partial charge is 0.310 e. The Balaban J connectivity index is 2.75. The predicted molar refractivity (Wildman–Crippen MR) is 72.9 cm³/mol. The van der Waals surface area contributed by atoms with Crippen LogP contribution in [-0.2, 0) is 4.79 Å². The lowest BCUT2D eigenvalue weighted by atomic mass is 9.94. The van der Waals surface area contributed by atoms with Gasteiger partial charge in [0.15, 0.2) is 0 Å². The summed E-state index contributed by atoms with van der Waals surface area (Å²) < 4.78 is 0.692. The molecule has 0 fully saturated rings. The van der Waals surface area contributed by atoms with Crippen molar-refractivity contribution in [2.75, 3.05) is 6.54 Å². The first-order valence-electron chi connectivity index (χ1n) is 5.20. The highest BCUT2D eigenvalue weighted by atomic mass is 79.9. The van der Waals surface area contributed by atoms with Gasteiger partial charge in [-0.1, -0.05) is 27.5 Å². The van der Waals surface area contributed by atoms with E-state index in [1.165, 1.54) is 6.07 Å². The molecule has 1 rings (SSSR count). The quantitative estimate of drug-likeness (QED) is 0.889. The average molecular weight is 335 g/mol. The van der Waals surface area contributed by atoms with Gasteiger partial charge in [-0.15, -0.1) is 0 Å². The lowest BCUT2D eigenvalue weighted by molar-refractivity contribution is -0.146. The van der Waals surface area contributed by atoms with Gasteiger partial charge in [0, 0.05) is 21.6 Å². The SMILES string of the molecule is CC(C)(CNC(=O)c1cc(Cl)cc(Br)c1)C(=O)O. The highest BCUT2D eigenvalue weighted by Gasteiger charge is 2.27. The van der Waals surface area contributed by atoms with Crippen LogP contribution in [0.25, 0.3) is 0 Å². The number of aliphatic carboxylic acids is 1. The van der Waals surface area contributed by atoms with Crippen molar-refractivity contribution < 1.29 is 14.7 Å². The first kappa shape index (κ1) is 15.0. The van der Waals surface area contributed by atoms with Crippen molar-refractivity contribution in [1.29, 1.82) is 0 Å². The zero-order chi connectivity index (χ0) is 13.9. The molecule has 0 aliphatic carbocycles. The molecular weight excluding hydrogens is 321 g/mol. The number of rotatable bonds is 4. The van der Waals surface area contributed by atoms with Gasteiger partial charge in [0.05, 0.1) is 5.41 Å². The molecule has 0 unspecified atom stereocenters. The van der Waals surface area contributed by atoms with E-state index in [0.717, 1.165) is 0 Å². The Kier molecular flexibility index (Phi) is 4.76. The highest BCUT2D eigenvalue weighted by Crippen LogP contribution is 2.20. The number of carbonyl (C=O) groups is 2. The van der Waals surface area contributed by atoms with E-state index < -0.39 is 11.4 Å². The van der Waals surface area contributed by atoms with Crippen molar-refractivity contribution >= 4 is 39.4 Å². The van der Waals surface area contributed by atoms with Gasteiger partial charge >= 0.3 is 5.97 Å². The van der Waals surface area contributed by atoms with Crippen LogP contribution < -0.4 is 5.32 Å². The van der Waals surface area contributed by atoms with Crippen LogP contribution in [0.5, 0.6) is 0 Å². The minimum Gasteiger partial charge on any atom is -0.481 e. The molecule has 0 saturated carbocycles. The van der Waals surface area contributed by atoms with Crippen LogP contribution in [0.15, 0.2) is 22.7 Å². The lowest BCUT2D eigenvalue weighted by Gasteiger charge is -2.19. The second kappa shape index (κ2) is 5.71. The molecule has 0 spiro atoms. The minimum atomic E-state index is -1.01. The van der Waals surface area contributed by atoms with Gasteiger partial charge in [-0.05, 0) is 32.0 Å². The van der Waals surface area contributed by atoms with Crippen molar-refractivity contribution in [2.45, 2.75) is 13.8 Å². The van der Waals surface area contributed by atoms with Crippen LogP contribution in [0.1, 0.15) is 24.2 Å². The van der Waals surface area contributed by atoms with Crippen LogP contribution in [0.3, 0.4) is 0 Å². The summed E-state index contributed by atoms with van der Waals surface area (Å²) in [6.07, 6.45) is 0. The summed E-state index contributed by atoms with van der Waals surface area (Å²) in [4.78, 5) is 22.7. The third kappa shape index (κ3) is 3.99. The van der Waals surface area contributed by atoms with Gasteiger partial charge in [-0.25, -0.2) is 0 Å². The number of carboxylic acids is 1. The number of hydrogen-bond acceptors (Lipinski definition) is 2. The van der Waals surface area contributed by atoms with Crippen molar-refractivity contribution in [3.63, 3.8) is 0 Å². The highest BCUT2D eigenvalue weighted by molar-refractivity contribution is 9.10. The number of halogens is 2. The van der Waals surface area contributed by atoms with Gasteiger partial charge < -0.3 is 10.4 Å². The molecular formula is C12H13BrClNO3. The maximum absolute atomic E-state index is 11.8. The Morgan fingerprint density at radius 3 is 2.50 bits per heavy atom. The van der Waals surface area contributed by atoms with Gasteiger partial charge in [0.25, 0.3) is 5.91 Å². The summed E-state index contributed by atoms with van der Waals surface area (Å²) in [6, 6.07) is 4.81. The molecule has 0 saturated heterocycles. The third-order valence-electron chi connectivity index (χ3n) is 2.39. The Labute approximate surface area is 118 Å². The summed E-state index contributed by atoms with van der Waals surface area (Å²) in [7, 11) is 0. The number of carboxylic acid groups (broad SMARTS) is 1. The van der Waals surface area contributed by atoms with E-state index >= 15 is 0 Å². The first-order valence-corrected chi connectivity index (χ1v) is 6.37. The molecule has 0 aromatic heterocycles. The van der Waals surface area contributed by atoms with Crippen LogP contribution >= 0.6 is 27.5 Å². The first-order chi connectivity index (χ1) is 8.22. The molecule has 6 heteroatoms. The van der Waals surface area contributed by atoms with Crippen molar-refractivity contribution in [3.8, 4) is 0 Å². The van der Waals surface area contributed by atoms with Gasteiger partial charge in [-0.3, -0.25) is 9.59 Å². The molecule has 18 heavy (non-hydrogen) atoms. The zero-order valence-corrected chi connectivity index (χ0v) is 12.3. The monoisotopic (exact) mass is 333 g/mol. The molecule has 1 aromatic carbocycles.